The van der Waals surface area contributed by atoms with Gasteiger partial charge in [0.15, 0.2) is 0 Å². The van der Waals surface area contributed by atoms with Gasteiger partial charge in [-0.05, 0) is 31.4 Å². The fourth-order valence-corrected chi connectivity index (χ4v) is 2.28. The molecule has 20 heavy (non-hydrogen) atoms. The van der Waals surface area contributed by atoms with Crippen molar-refractivity contribution >= 4 is 5.69 Å². The Bertz CT molecular complexity index is 353. The first-order chi connectivity index (χ1) is 9.79. The standard InChI is InChI=1S/C17H27NO2/c1-2-3-4-5-6-7-9-14-17(15-19)18(20)16-12-10-8-11-13-16/h2,8,10-13,17,19-20H,1,3-7,9,14-15H2/t17-/m0/s1. The third-order valence-electron chi connectivity index (χ3n) is 3.52. The first-order valence-electron chi connectivity index (χ1n) is 7.54. The maximum absolute atomic E-state index is 10.1. The van der Waals surface area contributed by atoms with Gasteiger partial charge in [-0.15, -0.1) is 6.58 Å². The minimum absolute atomic E-state index is 0.0259. The number of benzene rings is 1. The molecule has 1 rings (SSSR count). The third kappa shape index (κ3) is 6.22. The lowest BCUT2D eigenvalue weighted by atomic mass is 10.1. The van der Waals surface area contributed by atoms with E-state index >= 15 is 0 Å². The van der Waals surface area contributed by atoms with Crippen LogP contribution in [0.3, 0.4) is 0 Å². The van der Waals surface area contributed by atoms with Gasteiger partial charge >= 0.3 is 0 Å². The van der Waals surface area contributed by atoms with Crippen LogP contribution in [0.25, 0.3) is 0 Å². The molecule has 0 spiro atoms. The Morgan fingerprint density at radius 2 is 1.70 bits per heavy atom. The molecule has 2 N–H and O–H groups in total. The van der Waals surface area contributed by atoms with Gasteiger partial charge in [-0.2, -0.15) is 0 Å². The van der Waals surface area contributed by atoms with Gasteiger partial charge in [-0.1, -0.05) is 50.0 Å². The number of allylic oxidation sites excluding steroid dienone is 1. The molecule has 0 bridgehead atoms. The summed E-state index contributed by atoms with van der Waals surface area (Å²) in [6.07, 6.45) is 9.70. The Kier molecular flexibility index (Phi) is 8.76. The quantitative estimate of drug-likeness (QED) is 0.362. The fourth-order valence-electron chi connectivity index (χ4n) is 2.28. The third-order valence-corrected chi connectivity index (χ3v) is 3.52. The molecule has 0 aliphatic carbocycles. The van der Waals surface area contributed by atoms with Gasteiger partial charge in [0, 0.05) is 0 Å². The van der Waals surface area contributed by atoms with Crippen LogP contribution in [-0.2, 0) is 0 Å². The molecule has 1 aromatic carbocycles. The lowest BCUT2D eigenvalue weighted by Gasteiger charge is -2.26. The molecule has 3 heteroatoms. The lowest BCUT2D eigenvalue weighted by Crippen LogP contribution is -2.35. The number of aliphatic hydroxyl groups excluding tert-OH is 1. The first-order valence-corrected chi connectivity index (χ1v) is 7.54. The summed E-state index contributed by atoms with van der Waals surface area (Å²) in [4.78, 5) is 0. The SMILES string of the molecule is C=CCCCCCCC[C@@H](CO)N(O)c1ccccc1. The number of hydroxylamine groups is 1. The molecule has 112 valence electrons. The predicted molar refractivity (Wildman–Crippen MR) is 84.1 cm³/mol. The predicted octanol–water partition coefficient (Wildman–Crippen LogP) is 4.16. The zero-order valence-corrected chi connectivity index (χ0v) is 12.2. The second kappa shape index (κ2) is 10.5. The number of hydrogen-bond donors (Lipinski definition) is 2. The number of nitrogens with zero attached hydrogens (tertiary/aromatic N) is 1. The highest BCUT2D eigenvalue weighted by atomic mass is 16.5. The van der Waals surface area contributed by atoms with E-state index in [9.17, 15) is 10.3 Å². The normalized spacial score (nSPS) is 12.1. The second-order valence-electron chi connectivity index (χ2n) is 5.15. The highest BCUT2D eigenvalue weighted by molar-refractivity contribution is 5.43. The topological polar surface area (TPSA) is 43.7 Å². The molecule has 1 atom stereocenters. The van der Waals surface area contributed by atoms with E-state index in [-0.39, 0.29) is 12.6 Å². The van der Waals surface area contributed by atoms with Crippen LogP contribution in [-0.4, -0.2) is 23.0 Å². The molecule has 0 aliphatic heterocycles. The van der Waals surface area contributed by atoms with Crippen molar-refractivity contribution < 1.29 is 10.3 Å². The number of hydrogen-bond acceptors (Lipinski definition) is 3. The summed E-state index contributed by atoms with van der Waals surface area (Å²) in [6.45, 7) is 3.69. The van der Waals surface area contributed by atoms with E-state index in [1.54, 1.807) is 0 Å². The van der Waals surface area contributed by atoms with Crippen LogP contribution < -0.4 is 5.06 Å². The molecular formula is C17H27NO2. The molecule has 0 unspecified atom stereocenters. The van der Waals surface area contributed by atoms with Gasteiger partial charge in [0.2, 0.25) is 0 Å². The summed E-state index contributed by atoms with van der Waals surface area (Å²) in [5.41, 5.74) is 0.734. The number of rotatable bonds is 11. The summed E-state index contributed by atoms with van der Waals surface area (Å²) in [6, 6.07) is 9.15. The van der Waals surface area contributed by atoms with Gasteiger partial charge in [-0.3, -0.25) is 10.3 Å². The summed E-state index contributed by atoms with van der Waals surface area (Å²) in [7, 11) is 0. The van der Waals surface area contributed by atoms with Crippen LogP contribution in [0, 0.1) is 0 Å². The molecule has 0 amide bonds. The Labute approximate surface area is 122 Å². The molecule has 0 aromatic heterocycles. The van der Waals surface area contributed by atoms with Crippen LogP contribution in [0.4, 0.5) is 5.69 Å². The van der Waals surface area contributed by atoms with Crippen LogP contribution in [0.1, 0.15) is 44.9 Å². The molecule has 0 radical (unpaired) electrons. The highest BCUT2D eigenvalue weighted by Crippen LogP contribution is 2.18. The molecule has 0 saturated carbocycles. The zero-order chi connectivity index (χ0) is 14.6. The van der Waals surface area contributed by atoms with Crippen molar-refractivity contribution in [1.82, 2.24) is 0 Å². The number of para-hydroxylation sites is 1. The van der Waals surface area contributed by atoms with E-state index < -0.39 is 0 Å². The lowest BCUT2D eigenvalue weighted by molar-refractivity contribution is 0.153. The maximum atomic E-state index is 10.1. The summed E-state index contributed by atoms with van der Waals surface area (Å²) in [5, 5.41) is 20.7. The van der Waals surface area contributed by atoms with Gasteiger partial charge < -0.3 is 5.11 Å². The first kappa shape index (κ1) is 16.7. The van der Waals surface area contributed by atoms with Crippen LogP contribution >= 0.6 is 0 Å². The second-order valence-corrected chi connectivity index (χ2v) is 5.15. The maximum Gasteiger partial charge on any atom is 0.0794 e. The van der Waals surface area contributed by atoms with Crippen molar-refractivity contribution in [1.29, 1.82) is 0 Å². The van der Waals surface area contributed by atoms with E-state index in [0.29, 0.717) is 0 Å². The molecule has 0 fully saturated rings. The van der Waals surface area contributed by atoms with Crippen molar-refractivity contribution in [2.75, 3.05) is 11.7 Å². The minimum Gasteiger partial charge on any atom is -0.394 e. The minimum atomic E-state index is -0.217. The monoisotopic (exact) mass is 277 g/mol. The Morgan fingerprint density at radius 3 is 2.35 bits per heavy atom. The average molecular weight is 277 g/mol. The number of anilines is 1. The Morgan fingerprint density at radius 1 is 1.05 bits per heavy atom. The summed E-state index contributed by atoms with van der Waals surface area (Å²) in [5.74, 6) is 0. The van der Waals surface area contributed by atoms with Crippen LogP contribution in [0.2, 0.25) is 0 Å². The van der Waals surface area contributed by atoms with E-state index in [0.717, 1.165) is 31.4 Å². The smallest absolute Gasteiger partial charge is 0.0794 e. The van der Waals surface area contributed by atoms with Crippen molar-refractivity contribution in [3.8, 4) is 0 Å². The molecule has 0 heterocycles. The van der Waals surface area contributed by atoms with Gasteiger partial charge in [0.25, 0.3) is 0 Å². The largest absolute Gasteiger partial charge is 0.394 e. The van der Waals surface area contributed by atoms with Gasteiger partial charge in [0.1, 0.15) is 0 Å². The summed E-state index contributed by atoms with van der Waals surface area (Å²) < 4.78 is 0. The van der Waals surface area contributed by atoms with Gasteiger partial charge in [-0.25, -0.2) is 0 Å². The molecule has 0 saturated heterocycles. The molecular weight excluding hydrogens is 250 g/mol. The highest BCUT2D eigenvalue weighted by Gasteiger charge is 2.15. The summed E-state index contributed by atoms with van der Waals surface area (Å²) >= 11 is 0. The van der Waals surface area contributed by atoms with Crippen LogP contribution in [0.5, 0.6) is 0 Å². The molecule has 0 aliphatic rings. The fraction of sp³-hybridized carbons (Fsp3) is 0.529. The van der Waals surface area contributed by atoms with E-state index in [1.165, 1.54) is 24.3 Å². The average Bonchev–Trinajstić information content (AvgIpc) is 2.50. The van der Waals surface area contributed by atoms with E-state index in [2.05, 4.69) is 6.58 Å². The Hall–Kier alpha value is -1.32. The van der Waals surface area contributed by atoms with Crippen molar-refractivity contribution in [3.05, 3.63) is 43.0 Å². The van der Waals surface area contributed by atoms with Gasteiger partial charge in [0.05, 0.1) is 18.3 Å². The molecule has 1 aromatic rings. The molecule has 3 nitrogen and oxygen atoms in total. The number of aliphatic hydroxyl groups is 1. The zero-order valence-electron chi connectivity index (χ0n) is 12.2. The van der Waals surface area contributed by atoms with E-state index in [1.807, 2.05) is 36.4 Å². The van der Waals surface area contributed by atoms with Crippen molar-refractivity contribution in [3.63, 3.8) is 0 Å². The van der Waals surface area contributed by atoms with E-state index in [4.69, 9.17) is 0 Å². The van der Waals surface area contributed by atoms with Crippen molar-refractivity contribution in [2.24, 2.45) is 0 Å². The Balaban J connectivity index is 2.24. The van der Waals surface area contributed by atoms with Crippen LogP contribution in [0.15, 0.2) is 43.0 Å². The number of unbranched alkanes of at least 4 members (excludes halogenated alkanes) is 5. The van der Waals surface area contributed by atoms with Crippen molar-refractivity contribution in [2.45, 2.75) is 51.0 Å².